The summed E-state index contributed by atoms with van der Waals surface area (Å²) in [4.78, 5) is -0.177. The van der Waals surface area contributed by atoms with Gasteiger partial charge in [0.05, 0.1) is 4.90 Å². The van der Waals surface area contributed by atoms with Crippen LogP contribution in [0.2, 0.25) is 0 Å². The second-order valence-electron chi connectivity index (χ2n) is 5.69. The Kier molecular flexibility index (Phi) is 5.23. The van der Waals surface area contributed by atoms with Gasteiger partial charge < -0.3 is 4.57 Å². The Morgan fingerprint density at radius 3 is 1.62 bits per heavy atom. The molecule has 0 amide bonds. The van der Waals surface area contributed by atoms with Gasteiger partial charge in [-0.05, 0) is 23.5 Å². The zero-order valence-corrected chi connectivity index (χ0v) is 15.5. The van der Waals surface area contributed by atoms with Crippen LogP contribution in [0.3, 0.4) is 0 Å². The maximum atomic E-state index is 13.8. The second kappa shape index (κ2) is 7.42. The van der Waals surface area contributed by atoms with Crippen LogP contribution >= 0.6 is 7.14 Å². The van der Waals surface area contributed by atoms with E-state index in [1.807, 2.05) is 60.7 Å². The highest BCUT2D eigenvalue weighted by molar-refractivity contribution is 7.85. The lowest BCUT2D eigenvalue weighted by Crippen LogP contribution is -2.13. The zero-order valence-electron chi connectivity index (χ0n) is 13.8. The molecule has 0 saturated heterocycles. The van der Waals surface area contributed by atoms with Crippen LogP contribution in [0.5, 0.6) is 0 Å². The monoisotopic (exact) mass is 384 g/mol. The molecule has 3 aromatic rings. The number of hydrogen-bond donors (Lipinski definition) is 1. The first kappa shape index (κ1) is 18.3. The van der Waals surface area contributed by atoms with Crippen molar-refractivity contribution in [3.8, 4) is 0 Å². The standard InChI is InChI=1S/C20H17O4PS/c21-25(18-7-3-1-4-8-18,19-9-5-2-6-10-19)16-15-17-11-13-20(14-12-17)26(22,23)24/h1-16H,(H,22,23,24). The summed E-state index contributed by atoms with van der Waals surface area (Å²) in [7, 11) is -7.21. The summed E-state index contributed by atoms with van der Waals surface area (Å²) in [6.07, 6.45) is 1.70. The third kappa shape index (κ3) is 4.02. The summed E-state index contributed by atoms with van der Waals surface area (Å²) in [6, 6.07) is 24.2. The van der Waals surface area contributed by atoms with Crippen molar-refractivity contribution in [3.05, 3.63) is 96.3 Å². The average Bonchev–Trinajstić information content (AvgIpc) is 2.67. The molecule has 0 bridgehead atoms. The average molecular weight is 384 g/mol. The van der Waals surface area contributed by atoms with Gasteiger partial charge in [-0.1, -0.05) is 78.9 Å². The first-order valence-corrected chi connectivity index (χ1v) is 11.1. The summed E-state index contributed by atoms with van der Waals surface area (Å²) in [5.41, 5.74) is 0.685. The van der Waals surface area contributed by atoms with Crippen molar-refractivity contribution in [1.29, 1.82) is 0 Å². The van der Waals surface area contributed by atoms with Crippen LogP contribution in [-0.2, 0) is 14.7 Å². The molecule has 0 heterocycles. The summed E-state index contributed by atoms with van der Waals surface area (Å²) in [6.45, 7) is 0. The Labute approximate surface area is 153 Å². The van der Waals surface area contributed by atoms with Gasteiger partial charge in [0.1, 0.15) is 0 Å². The molecule has 3 aromatic carbocycles. The molecule has 0 aromatic heterocycles. The molecule has 0 aliphatic carbocycles. The fourth-order valence-corrected chi connectivity index (χ4v) is 5.30. The van der Waals surface area contributed by atoms with E-state index < -0.39 is 17.3 Å². The molecule has 1 N–H and O–H groups in total. The third-order valence-corrected chi connectivity index (χ3v) is 7.50. The van der Waals surface area contributed by atoms with Crippen LogP contribution in [0, 0.1) is 0 Å². The summed E-state index contributed by atoms with van der Waals surface area (Å²) in [5, 5.41) is 1.44. The Bertz CT molecular complexity index is 1010. The van der Waals surface area contributed by atoms with Gasteiger partial charge >= 0.3 is 0 Å². The minimum atomic E-state index is -4.23. The molecule has 0 radical (unpaired) electrons. The summed E-state index contributed by atoms with van der Waals surface area (Å²) >= 11 is 0. The Balaban J connectivity index is 2.02. The van der Waals surface area contributed by atoms with Gasteiger partial charge in [-0.2, -0.15) is 8.42 Å². The van der Waals surface area contributed by atoms with Gasteiger partial charge in [0.2, 0.25) is 0 Å². The molecule has 0 saturated carbocycles. The molecular formula is C20H17O4PS. The largest absolute Gasteiger partial charge is 0.309 e. The fourth-order valence-electron chi connectivity index (χ4n) is 2.56. The lowest BCUT2D eigenvalue weighted by molar-refractivity contribution is 0.483. The van der Waals surface area contributed by atoms with Crippen molar-refractivity contribution in [2.24, 2.45) is 0 Å². The van der Waals surface area contributed by atoms with E-state index >= 15 is 0 Å². The number of hydrogen-bond acceptors (Lipinski definition) is 3. The molecule has 6 heteroatoms. The Morgan fingerprint density at radius 1 is 0.731 bits per heavy atom. The molecule has 132 valence electrons. The molecular weight excluding hydrogens is 367 g/mol. The highest BCUT2D eigenvalue weighted by Gasteiger charge is 2.23. The van der Waals surface area contributed by atoms with E-state index in [1.54, 1.807) is 24.0 Å². The van der Waals surface area contributed by atoms with E-state index in [-0.39, 0.29) is 4.90 Å². The number of rotatable bonds is 5. The van der Waals surface area contributed by atoms with Crippen molar-refractivity contribution in [3.63, 3.8) is 0 Å². The van der Waals surface area contributed by atoms with Gasteiger partial charge in [0, 0.05) is 10.6 Å². The SMILES string of the molecule is O=P(C=Cc1ccc(S(=O)(=O)O)cc1)(c1ccccc1)c1ccccc1. The molecule has 26 heavy (non-hydrogen) atoms. The quantitative estimate of drug-likeness (QED) is 0.535. The van der Waals surface area contributed by atoms with E-state index in [9.17, 15) is 13.0 Å². The molecule has 4 nitrogen and oxygen atoms in total. The van der Waals surface area contributed by atoms with Crippen molar-refractivity contribution < 1.29 is 17.5 Å². The zero-order chi connectivity index (χ0) is 18.6. The first-order valence-electron chi connectivity index (χ1n) is 7.87. The Morgan fingerprint density at radius 2 is 1.19 bits per heavy atom. The second-order valence-corrected chi connectivity index (χ2v) is 9.76. The Hall–Kier alpha value is -2.46. The van der Waals surface area contributed by atoms with E-state index in [0.717, 1.165) is 10.6 Å². The minimum absolute atomic E-state index is 0.177. The van der Waals surface area contributed by atoms with E-state index in [4.69, 9.17) is 4.55 Å². The highest BCUT2D eigenvalue weighted by atomic mass is 32.2. The van der Waals surface area contributed by atoms with Crippen LogP contribution < -0.4 is 10.6 Å². The minimum Gasteiger partial charge on any atom is -0.309 e. The normalized spacial score (nSPS) is 12.3. The highest BCUT2D eigenvalue weighted by Crippen LogP contribution is 2.45. The molecule has 3 rings (SSSR count). The molecule has 0 aliphatic heterocycles. The van der Waals surface area contributed by atoms with Gasteiger partial charge in [-0.15, -0.1) is 0 Å². The van der Waals surface area contributed by atoms with E-state index in [0.29, 0.717) is 5.56 Å². The maximum absolute atomic E-state index is 13.8. The van der Waals surface area contributed by atoms with Crippen molar-refractivity contribution in [2.75, 3.05) is 0 Å². The topological polar surface area (TPSA) is 71.4 Å². The van der Waals surface area contributed by atoms with Gasteiger partial charge in [0.15, 0.2) is 7.14 Å². The van der Waals surface area contributed by atoms with Gasteiger partial charge in [-0.25, -0.2) is 0 Å². The van der Waals surface area contributed by atoms with Crippen molar-refractivity contribution in [1.82, 2.24) is 0 Å². The maximum Gasteiger partial charge on any atom is 0.294 e. The van der Waals surface area contributed by atoms with E-state index in [2.05, 4.69) is 0 Å². The van der Waals surface area contributed by atoms with Gasteiger partial charge in [0.25, 0.3) is 10.1 Å². The van der Waals surface area contributed by atoms with Crippen LogP contribution in [0.25, 0.3) is 6.08 Å². The lowest BCUT2D eigenvalue weighted by atomic mass is 10.2. The molecule has 0 unspecified atom stereocenters. The predicted octanol–water partition coefficient (Wildman–Crippen LogP) is 3.92. The third-order valence-electron chi connectivity index (χ3n) is 3.93. The summed E-state index contributed by atoms with van der Waals surface area (Å²) in [5.74, 6) is 1.67. The van der Waals surface area contributed by atoms with Crippen molar-refractivity contribution >= 4 is 33.9 Å². The fraction of sp³-hybridized carbons (Fsp3) is 0. The van der Waals surface area contributed by atoms with E-state index in [1.165, 1.54) is 12.1 Å². The van der Waals surface area contributed by atoms with Gasteiger partial charge in [-0.3, -0.25) is 4.55 Å². The smallest absolute Gasteiger partial charge is 0.294 e. The van der Waals surface area contributed by atoms with Crippen LogP contribution in [0.15, 0.2) is 95.6 Å². The van der Waals surface area contributed by atoms with Crippen LogP contribution in [-0.4, -0.2) is 13.0 Å². The molecule has 0 spiro atoms. The van der Waals surface area contributed by atoms with Crippen LogP contribution in [0.1, 0.15) is 5.56 Å². The van der Waals surface area contributed by atoms with Crippen molar-refractivity contribution in [2.45, 2.75) is 4.90 Å². The molecule has 0 fully saturated rings. The predicted molar refractivity (Wildman–Crippen MR) is 105 cm³/mol. The lowest BCUT2D eigenvalue weighted by Gasteiger charge is -2.15. The first-order chi connectivity index (χ1) is 12.4. The molecule has 0 aliphatic rings. The number of benzene rings is 3. The molecule has 0 atom stereocenters. The van der Waals surface area contributed by atoms with Crippen LogP contribution in [0.4, 0.5) is 0 Å². The summed E-state index contributed by atoms with van der Waals surface area (Å²) < 4.78 is 45.1.